The second-order valence-corrected chi connectivity index (χ2v) is 3.57. The van der Waals surface area contributed by atoms with Crippen LogP contribution in [-0.4, -0.2) is 12.1 Å². The third kappa shape index (κ3) is 2.62. The molecule has 17 heavy (non-hydrogen) atoms. The molecule has 2 rings (SSSR count). The molecule has 1 heterocycles. The third-order valence-corrected chi connectivity index (χ3v) is 2.37. The van der Waals surface area contributed by atoms with Crippen LogP contribution in [0.2, 0.25) is 0 Å². The predicted molar refractivity (Wildman–Crippen MR) is 60.2 cm³/mol. The fourth-order valence-corrected chi connectivity index (χ4v) is 1.51. The number of halogens is 1. The molecule has 0 aliphatic heterocycles. The highest BCUT2D eigenvalue weighted by Crippen LogP contribution is 2.20. The lowest BCUT2D eigenvalue weighted by molar-refractivity contribution is 0.385. The van der Waals surface area contributed by atoms with E-state index in [1.54, 1.807) is 18.3 Å². The molecule has 1 aromatic carbocycles. The minimum absolute atomic E-state index is 0.216. The fourth-order valence-electron chi connectivity index (χ4n) is 1.51. The molecule has 2 N–H and O–H groups in total. The Kier molecular flexibility index (Phi) is 3.39. The molecule has 0 saturated heterocycles. The summed E-state index contributed by atoms with van der Waals surface area (Å²) in [7, 11) is 1.43. The highest BCUT2D eigenvalue weighted by molar-refractivity contribution is 5.31. The van der Waals surface area contributed by atoms with Crippen LogP contribution < -0.4 is 10.5 Å². The van der Waals surface area contributed by atoms with Crippen LogP contribution in [0.25, 0.3) is 0 Å². The van der Waals surface area contributed by atoms with Gasteiger partial charge in [0.15, 0.2) is 17.5 Å². The van der Waals surface area contributed by atoms with E-state index in [-0.39, 0.29) is 11.6 Å². The number of oxazole rings is 1. The van der Waals surface area contributed by atoms with Gasteiger partial charge in [0.25, 0.3) is 0 Å². The lowest BCUT2D eigenvalue weighted by Gasteiger charge is -2.03. The lowest BCUT2D eigenvalue weighted by Crippen LogP contribution is -1.94. The average molecular weight is 236 g/mol. The van der Waals surface area contributed by atoms with E-state index in [1.807, 2.05) is 0 Å². The van der Waals surface area contributed by atoms with Gasteiger partial charge in [-0.25, -0.2) is 9.37 Å². The number of nitrogens with zero attached hydrogens (tertiary/aromatic N) is 1. The Balaban J connectivity index is 2.18. The predicted octanol–water partition coefficient (Wildman–Crippen LogP) is 1.87. The number of hydrogen-bond donors (Lipinski definition) is 1. The molecule has 0 atom stereocenters. The smallest absolute Gasteiger partial charge is 0.198 e. The summed E-state index contributed by atoms with van der Waals surface area (Å²) in [5.41, 5.74) is 6.29. The maximum absolute atomic E-state index is 13.2. The molecule has 0 amide bonds. The summed E-state index contributed by atoms with van der Waals surface area (Å²) in [4.78, 5) is 4.08. The SMILES string of the molecule is COc1cc(Cc2ncc(CN)o2)ccc1F. The summed E-state index contributed by atoms with van der Waals surface area (Å²) in [6.07, 6.45) is 2.08. The molecule has 90 valence electrons. The quantitative estimate of drug-likeness (QED) is 0.880. The summed E-state index contributed by atoms with van der Waals surface area (Å²) in [5.74, 6) is 1.02. The van der Waals surface area contributed by atoms with Crippen LogP contribution in [0.15, 0.2) is 28.8 Å². The Morgan fingerprint density at radius 2 is 2.29 bits per heavy atom. The number of methoxy groups -OCH3 is 1. The van der Waals surface area contributed by atoms with Crippen molar-refractivity contribution in [3.05, 3.63) is 47.4 Å². The van der Waals surface area contributed by atoms with Gasteiger partial charge in [-0.15, -0.1) is 0 Å². The van der Waals surface area contributed by atoms with Gasteiger partial charge >= 0.3 is 0 Å². The van der Waals surface area contributed by atoms with Crippen LogP contribution in [0, 0.1) is 5.82 Å². The second-order valence-electron chi connectivity index (χ2n) is 3.57. The highest BCUT2D eigenvalue weighted by Gasteiger charge is 2.07. The molecular formula is C12H13FN2O2. The molecule has 0 radical (unpaired) electrons. The Bertz CT molecular complexity index is 511. The van der Waals surface area contributed by atoms with Crippen molar-refractivity contribution >= 4 is 0 Å². The largest absolute Gasteiger partial charge is 0.494 e. The molecule has 0 aliphatic carbocycles. The molecule has 0 unspecified atom stereocenters. The van der Waals surface area contributed by atoms with Gasteiger partial charge in [-0.3, -0.25) is 0 Å². The van der Waals surface area contributed by atoms with Gasteiger partial charge in [-0.1, -0.05) is 6.07 Å². The van der Waals surface area contributed by atoms with Gasteiger partial charge < -0.3 is 14.9 Å². The lowest BCUT2D eigenvalue weighted by atomic mass is 10.1. The molecule has 4 nitrogen and oxygen atoms in total. The first-order chi connectivity index (χ1) is 8.22. The standard InChI is InChI=1S/C12H13FN2O2/c1-16-11-4-8(2-3-10(11)13)5-12-15-7-9(6-14)17-12/h2-4,7H,5-6,14H2,1H3. The van der Waals surface area contributed by atoms with E-state index in [9.17, 15) is 4.39 Å². The van der Waals surface area contributed by atoms with Crippen LogP contribution in [0.1, 0.15) is 17.2 Å². The van der Waals surface area contributed by atoms with Gasteiger partial charge in [0, 0.05) is 6.42 Å². The monoisotopic (exact) mass is 236 g/mol. The Hall–Kier alpha value is -1.88. The molecule has 2 aromatic rings. The number of nitrogens with two attached hydrogens (primary N) is 1. The van der Waals surface area contributed by atoms with Crippen LogP contribution in [0.5, 0.6) is 5.75 Å². The summed E-state index contributed by atoms with van der Waals surface area (Å²) >= 11 is 0. The van der Waals surface area contributed by atoms with Crippen molar-refractivity contribution in [1.29, 1.82) is 0 Å². The van der Waals surface area contributed by atoms with Crippen molar-refractivity contribution in [1.82, 2.24) is 4.98 Å². The minimum Gasteiger partial charge on any atom is -0.494 e. The zero-order valence-corrected chi connectivity index (χ0v) is 9.44. The van der Waals surface area contributed by atoms with Crippen molar-refractivity contribution in [2.45, 2.75) is 13.0 Å². The topological polar surface area (TPSA) is 61.3 Å². The van der Waals surface area contributed by atoms with Crippen molar-refractivity contribution in [3.63, 3.8) is 0 Å². The molecule has 0 spiro atoms. The number of hydrogen-bond acceptors (Lipinski definition) is 4. The second kappa shape index (κ2) is 4.97. The molecule has 0 fully saturated rings. The van der Waals surface area contributed by atoms with Crippen molar-refractivity contribution in [3.8, 4) is 5.75 Å². The number of benzene rings is 1. The average Bonchev–Trinajstić information content (AvgIpc) is 2.79. The van der Waals surface area contributed by atoms with Crippen molar-refractivity contribution in [2.24, 2.45) is 5.73 Å². The van der Waals surface area contributed by atoms with Crippen LogP contribution >= 0.6 is 0 Å². The number of ether oxygens (including phenoxy) is 1. The minimum atomic E-state index is -0.383. The van der Waals surface area contributed by atoms with Crippen LogP contribution in [-0.2, 0) is 13.0 Å². The Morgan fingerprint density at radius 1 is 1.47 bits per heavy atom. The van der Waals surface area contributed by atoms with E-state index >= 15 is 0 Å². The normalized spacial score (nSPS) is 10.5. The molecule has 0 bridgehead atoms. The zero-order valence-electron chi connectivity index (χ0n) is 9.44. The zero-order chi connectivity index (χ0) is 12.3. The van der Waals surface area contributed by atoms with E-state index in [0.29, 0.717) is 24.6 Å². The van der Waals surface area contributed by atoms with Crippen LogP contribution in [0.3, 0.4) is 0 Å². The molecule has 5 heteroatoms. The van der Waals surface area contributed by atoms with E-state index in [1.165, 1.54) is 13.2 Å². The first-order valence-corrected chi connectivity index (χ1v) is 5.19. The van der Waals surface area contributed by atoms with Crippen molar-refractivity contribution < 1.29 is 13.5 Å². The van der Waals surface area contributed by atoms with E-state index in [4.69, 9.17) is 14.9 Å². The van der Waals surface area contributed by atoms with Crippen LogP contribution in [0.4, 0.5) is 4.39 Å². The highest BCUT2D eigenvalue weighted by atomic mass is 19.1. The fraction of sp³-hybridized carbons (Fsp3) is 0.250. The maximum Gasteiger partial charge on any atom is 0.198 e. The molecular weight excluding hydrogens is 223 g/mol. The first-order valence-electron chi connectivity index (χ1n) is 5.19. The van der Waals surface area contributed by atoms with Gasteiger partial charge in [0.2, 0.25) is 0 Å². The number of aromatic nitrogens is 1. The van der Waals surface area contributed by atoms with Gasteiger partial charge in [-0.05, 0) is 17.7 Å². The van der Waals surface area contributed by atoms with Gasteiger partial charge in [-0.2, -0.15) is 0 Å². The van der Waals surface area contributed by atoms with Crippen molar-refractivity contribution in [2.75, 3.05) is 7.11 Å². The van der Waals surface area contributed by atoms with Gasteiger partial charge in [0.05, 0.1) is 19.9 Å². The maximum atomic E-state index is 13.2. The number of rotatable bonds is 4. The van der Waals surface area contributed by atoms with E-state index in [0.717, 1.165) is 5.56 Å². The summed E-state index contributed by atoms with van der Waals surface area (Å²) < 4.78 is 23.5. The first kappa shape index (κ1) is 11.6. The Morgan fingerprint density at radius 3 is 2.94 bits per heavy atom. The molecule has 0 aliphatic rings. The summed E-state index contributed by atoms with van der Waals surface area (Å²) in [5, 5.41) is 0. The summed E-state index contributed by atoms with van der Waals surface area (Å²) in [6.45, 7) is 0.319. The van der Waals surface area contributed by atoms with E-state index in [2.05, 4.69) is 4.98 Å². The summed E-state index contributed by atoms with van der Waals surface area (Å²) in [6, 6.07) is 4.66. The van der Waals surface area contributed by atoms with Gasteiger partial charge in [0.1, 0.15) is 5.76 Å². The third-order valence-electron chi connectivity index (χ3n) is 2.37. The van der Waals surface area contributed by atoms with E-state index < -0.39 is 0 Å². The molecule has 1 aromatic heterocycles. The molecule has 0 saturated carbocycles. The Labute approximate surface area is 98.2 Å².